The van der Waals surface area contributed by atoms with E-state index in [0.29, 0.717) is 22.0 Å². The van der Waals surface area contributed by atoms with Crippen LogP contribution in [0.25, 0.3) is 11.3 Å². The number of nitriles is 1. The van der Waals surface area contributed by atoms with Crippen LogP contribution in [0.2, 0.25) is 5.02 Å². The third-order valence-electron chi connectivity index (χ3n) is 2.26. The van der Waals surface area contributed by atoms with Crippen LogP contribution in [0.3, 0.4) is 0 Å². The maximum absolute atomic E-state index is 13.1. The summed E-state index contributed by atoms with van der Waals surface area (Å²) < 4.78 is 13.1. The van der Waals surface area contributed by atoms with Gasteiger partial charge in [0.15, 0.2) is 0 Å². The maximum atomic E-state index is 13.1. The molecule has 0 aliphatic carbocycles. The molecule has 0 saturated carbocycles. The largest absolute Gasteiger partial charge is 0.250 e. The van der Waals surface area contributed by atoms with E-state index in [1.165, 1.54) is 12.1 Å². The Morgan fingerprint density at radius 2 is 2.12 bits per heavy atom. The van der Waals surface area contributed by atoms with Crippen LogP contribution >= 0.6 is 11.6 Å². The summed E-state index contributed by atoms with van der Waals surface area (Å²) in [6.45, 7) is 0. The number of pyridine rings is 1. The fourth-order valence-corrected chi connectivity index (χ4v) is 1.71. The van der Waals surface area contributed by atoms with Gasteiger partial charge in [0.05, 0.1) is 28.9 Å². The molecule has 0 spiro atoms. The van der Waals surface area contributed by atoms with Gasteiger partial charge >= 0.3 is 0 Å². The lowest BCUT2D eigenvalue weighted by Gasteiger charge is -2.05. The molecule has 4 heteroatoms. The van der Waals surface area contributed by atoms with Crippen LogP contribution in [0.1, 0.15) is 5.69 Å². The first-order valence-corrected chi connectivity index (χ1v) is 5.37. The first-order chi connectivity index (χ1) is 8.20. The predicted molar refractivity (Wildman–Crippen MR) is 64.0 cm³/mol. The van der Waals surface area contributed by atoms with E-state index >= 15 is 0 Å². The lowest BCUT2D eigenvalue weighted by Crippen LogP contribution is -1.92. The molecule has 0 aliphatic heterocycles. The smallest absolute Gasteiger partial charge is 0.123 e. The number of benzene rings is 1. The molecule has 1 aromatic carbocycles. The van der Waals surface area contributed by atoms with E-state index in [0.717, 1.165) is 0 Å². The molecule has 0 atom stereocenters. The second-order valence-corrected chi connectivity index (χ2v) is 3.89. The molecule has 0 N–H and O–H groups in total. The molecule has 2 nitrogen and oxygen atoms in total. The van der Waals surface area contributed by atoms with Gasteiger partial charge in [-0.25, -0.2) is 4.39 Å². The summed E-state index contributed by atoms with van der Waals surface area (Å²) in [5.41, 5.74) is 1.73. The maximum Gasteiger partial charge on any atom is 0.123 e. The number of aromatic nitrogens is 1. The van der Waals surface area contributed by atoms with Crippen molar-refractivity contribution in [3.63, 3.8) is 0 Å². The van der Waals surface area contributed by atoms with Gasteiger partial charge in [0, 0.05) is 5.56 Å². The fraction of sp³-hybridized carbons (Fsp3) is 0.0769. The number of rotatable bonds is 2. The summed E-state index contributed by atoms with van der Waals surface area (Å²) in [6.07, 6.45) is 0.208. The number of hydrogen-bond acceptors (Lipinski definition) is 2. The normalized spacial score (nSPS) is 9.94. The minimum Gasteiger partial charge on any atom is -0.250 e. The van der Waals surface area contributed by atoms with Gasteiger partial charge in [-0.3, -0.25) is 4.98 Å². The van der Waals surface area contributed by atoms with Crippen LogP contribution in [0, 0.1) is 17.1 Å². The summed E-state index contributed by atoms with van der Waals surface area (Å²) in [6, 6.07) is 11.4. The van der Waals surface area contributed by atoms with Gasteiger partial charge in [-0.15, -0.1) is 0 Å². The zero-order chi connectivity index (χ0) is 12.3. The van der Waals surface area contributed by atoms with Crippen molar-refractivity contribution < 1.29 is 4.39 Å². The molecule has 1 heterocycles. The molecule has 0 radical (unpaired) electrons. The minimum absolute atomic E-state index is 0.208. The van der Waals surface area contributed by atoms with E-state index < -0.39 is 0 Å². The van der Waals surface area contributed by atoms with E-state index in [2.05, 4.69) is 4.98 Å². The average molecular weight is 247 g/mol. The van der Waals surface area contributed by atoms with E-state index in [1.54, 1.807) is 24.3 Å². The first-order valence-electron chi connectivity index (χ1n) is 4.99. The van der Waals surface area contributed by atoms with Crippen molar-refractivity contribution in [3.8, 4) is 17.3 Å². The molecule has 0 unspecified atom stereocenters. The molecule has 17 heavy (non-hydrogen) atoms. The molecule has 2 rings (SSSR count). The Balaban J connectivity index is 2.51. The molecule has 0 saturated heterocycles. The van der Waals surface area contributed by atoms with Gasteiger partial charge in [-0.05, 0) is 24.3 Å². The monoisotopic (exact) mass is 246 g/mol. The Morgan fingerprint density at radius 1 is 1.29 bits per heavy atom. The van der Waals surface area contributed by atoms with Crippen LogP contribution in [-0.2, 0) is 6.42 Å². The Labute approximate surface area is 103 Å². The highest BCUT2D eigenvalue weighted by Gasteiger charge is 2.07. The number of hydrogen-bond donors (Lipinski definition) is 0. The molecule has 0 bridgehead atoms. The topological polar surface area (TPSA) is 36.7 Å². The van der Waals surface area contributed by atoms with Gasteiger partial charge in [-0.1, -0.05) is 23.7 Å². The van der Waals surface area contributed by atoms with Crippen LogP contribution in [-0.4, -0.2) is 4.98 Å². The second-order valence-electron chi connectivity index (χ2n) is 3.48. The zero-order valence-electron chi connectivity index (χ0n) is 8.82. The zero-order valence-corrected chi connectivity index (χ0v) is 9.58. The molecule has 0 amide bonds. The van der Waals surface area contributed by atoms with Crippen molar-refractivity contribution in [2.75, 3.05) is 0 Å². The van der Waals surface area contributed by atoms with Gasteiger partial charge in [0.25, 0.3) is 0 Å². The standard InChI is InChI=1S/C13H8ClFN2/c14-12-5-4-11(6-7-16)17-13(12)9-2-1-3-10(15)8-9/h1-5,8H,6H2. The highest BCUT2D eigenvalue weighted by molar-refractivity contribution is 6.33. The quantitative estimate of drug-likeness (QED) is 0.812. The second kappa shape index (κ2) is 4.94. The van der Waals surface area contributed by atoms with Crippen molar-refractivity contribution in [1.29, 1.82) is 5.26 Å². The van der Waals surface area contributed by atoms with Crippen LogP contribution in [0.4, 0.5) is 4.39 Å². The Hall–Kier alpha value is -1.92. The van der Waals surface area contributed by atoms with Gasteiger partial charge < -0.3 is 0 Å². The molecule has 1 aromatic heterocycles. The highest BCUT2D eigenvalue weighted by Crippen LogP contribution is 2.26. The third kappa shape index (κ3) is 2.61. The van der Waals surface area contributed by atoms with Crippen molar-refractivity contribution in [2.24, 2.45) is 0 Å². The lowest BCUT2D eigenvalue weighted by atomic mass is 10.1. The Kier molecular flexibility index (Phi) is 3.36. The van der Waals surface area contributed by atoms with E-state index in [1.807, 2.05) is 6.07 Å². The molecular formula is C13H8ClFN2. The SMILES string of the molecule is N#CCc1ccc(Cl)c(-c2cccc(F)c2)n1. The van der Waals surface area contributed by atoms with Crippen LogP contribution in [0.5, 0.6) is 0 Å². The van der Waals surface area contributed by atoms with E-state index in [-0.39, 0.29) is 12.2 Å². The lowest BCUT2D eigenvalue weighted by molar-refractivity contribution is 0.628. The number of halogens is 2. The molecule has 2 aromatic rings. The average Bonchev–Trinajstić information content (AvgIpc) is 2.32. The highest BCUT2D eigenvalue weighted by atomic mass is 35.5. The summed E-state index contributed by atoms with van der Waals surface area (Å²) in [7, 11) is 0. The summed E-state index contributed by atoms with van der Waals surface area (Å²) in [5, 5.41) is 9.05. The van der Waals surface area contributed by atoms with Crippen molar-refractivity contribution in [1.82, 2.24) is 4.98 Å². The Morgan fingerprint density at radius 3 is 2.82 bits per heavy atom. The van der Waals surface area contributed by atoms with Crippen molar-refractivity contribution in [3.05, 3.63) is 52.9 Å². The van der Waals surface area contributed by atoms with Crippen LogP contribution in [0.15, 0.2) is 36.4 Å². The van der Waals surface area contributed by atoms with E-state index in [9.17, 15) is 4.39 Å². The summed E-state index contributed by atoms with van der Waals surface area (Å²) in [5.74, 6) is -0.342. The fourth-order valence-electron chi connectivity index (χ4n) is 1.50. The van der Waals surface area contributed by atoms with Gasteiger partial charge in [0.1, 0.15) is 5.82 Å². The Bertz CT molecular complexity index is 590. The summed E-state index contributed by atoms with van der Waals surface area (Å²) in [4.78, 5) is 4.25. The molecule has 0 fully saturated rings. The predicted octanol–water partition coefficient (Wildman–Crippen LogP) is 3.61. The third-order valence-corrected chi connectivity index (χ3v) is 2.57. The first kappa shape index (κ1) is 11.6. The molecule has 0 aliphatic rings. The van der Waals surface area contributed by atoms with E-state index in [4.69, 9.17) is 16.9 Å². The van der Waals surface area contributed by atoms with Crippen LogP contribution < -0.4 is 0 Å². The molecule has 84 valence electrons. The van der Waals surface area contributed by atoms with Crippen molar-refractivity contribution >= 4 is 11.6 Å². The van der Waals surface area contributed by atoms with Crippen molar-refractivity contribution in [2.45, 2.75) is 6.42 Å². The van der Waals surface area contributed by atoms with Gasteiger partial charge in [0.2, 0.25) is 0 Å². The minimum atomic E-state index is -0.342. The number of nitrogens with zero attached hydrogens (tertiary/aromatic N) is 2. The summed E-state index contributed by atoms with van der Waals surface area (Å²) >= 11 is 6.02. The van der Waals surface area contributed by atoms with Gasteiger partial charge in [-0.2, -0.15) is 5.26 Å². The molecular weight excluding hydrogens is 239 g/mol.